The Bertz CT molecular complexity index is 2040. The third kappa shape index (κ3) is 7.17. The van der Waals surface area contributed by atoms with Crippen LogP contribution < -0.4 is 18.9 Å². The van der Waals surface area contributed by atoms with E-state index in [1.54, 1.807) is 29.0 Å². The maximum absolute atomic E-state index is 13.1. The molecule has 5 aliphatic rings. The van der Waals surface area contributed by atoms with Gasteiger partial charge in [0.1, 0.15) is 30.0 Å². The predicted molar refractivity (Wildman–Crippen MR) is 225 cm³/mol. The van der Waals surface area contributed by atoms with Gasteiger partial charge in [0.25, 0.3) is 0 Å². The summed E-state index contributed by atoms with van der Waals surface area (Å²) in [7, 11) is 4.93. The van der Waals surface area contributed by atoms with Gasteiger partial charge in [-0.2, -0.15) is 0 Å². The molecule has 11 nitrogen and oxygen atoms in total. The number of fused-ring (bicyclic) bond motifs is 7. The number of hydrogen-bond acceptors (Lipinski definition) is 13. The van der Waals surface area contributed by atoms with Gasteiger partial charge in [0.15, 0.2) is 17.1 Å². The quantitative estimate of drug-likeness (QED) is 0.0702. The first-order valence-corrected chi connectivity index (χ1v) is 22.9. The molecule has 0 saturated heterocycles. The minimum Gasteiger partial charge on any atom is -0.508 e. The van der Waals surface area contributed by atoms with Crippen LogP contribution in [0.15, 0.2) is 42.0 Å². The zero-order valence-corrected chi connectivity index (χ0v) is 35.0. The summed E-state index contributed by atoms with van der Waals surface area (Å²) < 4.78 is 25.2. The molecule has 0 radical (unpaired) electrons. The molecule has 8 unspecified atom stereocenters. The van der Waals surface area contributed by atoms with Crippen LogP contribution in [0.2, 0.25) is 0 Å². The SMILES string of the molecule is COc1c(O)c(OCCC(C)C)cc(C23CCC4SSC5C=C(CCO)CC(CCC6c7cc(O)ccc7-c7c(OCCO)cc(c(c7C6CO)C4C2O)O3)C5)c1O. The Hall–Kier alpha value is -3.46. The lowest BCUT2D eigenvalue weighted by atomic mass is 9.61. The van der Waals surface area contributed by atoms with E-state index in [1.807, 2.05) is 22.9 Å². The first-order valence-electron chi connectivity index (χ1n) is 20.7. The molecule has 314 valence electrons. The monoisotopic (exact) mass is 836 g/mol. The molecule has 3 aliphatic carbocycles. The van der Waals surface area contributed by atoms with Crippen LogP contribution in [-0.4, -0.2) is 92.5 Å². The Balaban J connectivity index is 1.37. The lowest BCUT2D eigenvalue weighted by Gasteiger charge is -2.54. The Morgan fingerprint density at radius 1 is 0.914 bits per heavy atom. The van der Waals surface area contributed by atoms with E-state index in [9.17, 15) is 35.7 Å². The highest BCUT2D eigenvalue weighted by Crippen LogP contribution is 2.66. The van der Waals surface area contributed by atoms with E-state index >= 15 is 0 Å². The van der Waals surface area contributed by atoms with Crippen molar-refractivity contribution < 1.29 is 54.7 Å². The van der Waals surface area contributed by atoms with E-state index in [4.69, 9.17) is 18.9 Å². The molecule has 0 spiro atoms. The highest BCUT2D eigenvalue weighted by atomic mass is 33.1. The molecule has 1 saturated carbocycles. The number of aliphatic hydroxyl groups is 4. The number of hydrogen-bond donors (Lipinski definition) is 7. The van der Waals surface area contributed by atoms with E-state index in [1.165, 1.54) is 12.7 Å². The van der Waals surface area contributed by atoms with Crippen LogP contribution in [0.5, 0.6) is 40.2 Å². The lowest BCUT2D eigenvalue weighted by Crippen LogP contribution is -2.57. The molecule has 8 atom stereocenters. The standard InChI is InChI=1S/C45H56O11S2/c1-23(2)10-14-54-35-20-32(41(50)43(53-3)42(35)51)45-11-8-36-40(44(45)52)39-34(56-45)21-33(55-15-13-47)37-29-7-5-26(49)19-30(29)28(31(22-48)38(37)39)6-4-24-16-25(9-12-46)18-27(17-24)57-58-36/h5,7,18-21,23-24,27-28,31,36,40,44,46-52H,4,6,8-17,22H2,1-3H3. The van der Waals surface area contributed by atoms with E-state index in [0.717, 1.165) is 59.9 Å². The summed E-state index contributed by atoms with van der Waals surface area (Å²) in [6, 6.07) is 8.73. The summed E-state index contributed by atoms with van der Waals surface area (Å²) in [4.78, 5) is 0. The molecule has 2 heterocycles. The van der Waals surface area contributed by atoms with Crippen molar-refractivity contribution in [3.05, 3.63) is 64.2 Å². The number of benzene rings is 3. The van der Waals surface area contributed by atoms with Gasteiger partial charge in [0.05, 0.1) is 26.9 Å². The second kappa shape index (κ2) is 16.9. The van der Waals surface area contributed by atoms with Crippen molar-refractivity contribution in [3.8, 4) is 51.4 Å². The summed E-state index contributed by atoms with van der Waals surface area (Å²) in [6.45, 7) is 4.11. The molecule has 0 aromatic heterocycles. The van der Waals surface area contributed by atoms with Crippen LogP contribution in [-0.2, 0) is 5.60 Å². The number of aromatic hydroxyl groups is 3. The smallest absolute Gasteiger partial charge is 0.207 e. The number of rotatable bonds is 12. The third-order valence-electron chi connectivity index (χ3n) is 13.1. The highest BCUT2D eigenvalue weighted by molar-refractivity contribution is 8.77. The van der Waals surface area contributed by atoms with E-state index in [-0.39, 0.29) is 77.2 Å². The molecule has 3 aromatic rings. The van der Waals surface area contributed by atoms with Crippen molar-refractivity contribution in [2.75, 3.05) is 40.1 Å². The van der Waals surface area contributed by atoms with Crippen LogP contribution in [0.1, 0.15) is 105 Å². The first-order chi connectivity index (χ1) is 28.0. The van der Waals surface area contributed by atoms with Gasteiger partial charge in [-0.1, -0.05) is 53.2 Å². The van der Waals surface area contributed by atoms with Gasteiger partial charge in [-0.25, -0.2) is 0 Å². The summed E-state index contributed by atoms with van der Waals surface area (Å²) in [5.41, 5.74) is 4.12. The molecule has 13 heteroatoms. The summed E-state index contributed by atoms with van der Waals surface area (Å²) >= 11 is 0. The Kier molecular flexibility index (Phi) is 12.0. The normalized spacial score (nSPS) is 28.3. The summed E-state index contributed by atoms with van der Waals surface area (Å²) in [5, 5.41) is 78.7. The second-order valence-electron chi connectivity index (χ2n) is 17.0. The summed E-state index contributed by atoms with van der Waals surface area (Å²) in [5.74, 6) is -0.207. The number of methoxy groups -OCH3 is 1. The fraction of sp³-hybridized carbons (Fsp3) is 0.556. The fourth-order valence-electron chi connectivity index (χ4n) is 10.4. The maximum atomic E-state index is 13.1. The van der Waals surface area contributed by atoms with Gasteiger partial charge in [-0.15, -0.1) is 0 Å². The van der Waals surface area contributed by atoms with Gasteiger partial charge >= 0.3 is 0 Å². The molecule has 2 aliphatic heterocycles. The number of phenols is 3. The van der Waals surface area contributed by atoms with Crippen LogP contribution in [0, 0.1) is 11.8 Å². The average molecular weight is 837 g/mol. The maximum Gasteiger partial charge on any atom is 0.207 e. The molecule has 0 amide bonds. The van der Waals surface area contributed by atoms with Gasteiger partial charge < -0.3 is 54.7 Å². The van der Waals surface area contributed by atoms with Crippen molar-refractivity contribution in [1.82, 2.24) is 0 Å². The largest absolute Gasteiger partial charge is 0.508 e. The van der Waals surface area contributed by atoms with Gasteiger partial charge in [-0.05, 0) is 104 Å². The average Bonchev–Trinajstić information content (AvgIpc) is 3.20. The minimum atomic E-state index is -1.51. The minimum absolute atomic E-state index is 0.00254. The van der Waals surface area contributed by atoms with E-state index in [2.05, 4.69) is 19.9 Å². The molecule has 6 bridgehead atoms. The molecule has 3 aromatic carbocycles. The Labute approximate surface area is 347 Å². The molecule has 58 heavy (non-hydrogen) atoms. The molecular weight excluding hydrogens is 781 g/mol. The zero-order valence-electron chi connectivity index (χ0n) is 33.4. The Morgan fingerprint density at radius 2 is 1.72 bits per heavy atom. The second-order valence-corrected chi connectivity index (χ2v) is 19.7. The van der Waals surface area contributed by atoms with Gasteiger partial charge in [0.2, 0.25) is 11.5 Å². The van der Waals surface area contributed by atoms with Gasteiger partial charge in [0, 0.05) is 51.7 Å². The van der Waals surface area contributed by atoms with Crippen LogP contribution >= 0.6 is 21.6 Å². The van der Waals surface area contributed by atoms with Crippen molar-refractivity contribution >= 4 is 21.6 Å². The van der Waals surface area contributed by atoms with Crippen molar-refractivity contribution in [1.29, 1.82) is 0 Å². The summed E-state index contributed by atoms with van der Waals surface area (Å²) in [6.07, 6.45) is 6.87. The van der Waals surface area contributed by atoms with Crippen LogP contribution in [0.25, 0.3) is 11.1 Å². The Morgan fingerprint density at radius 3 is 2.47 bits per heavy atom. The van der Waals surface area contributed by atoms with Crippen LogP contribution in [0.3, 0.4) is 0 Å². The van der Waals surface area contributed by atoms with E-state index in [0.29, 0.717) is 49.2 Å². The molecule has 1 fully saturated rings. The third-order valence-corrected chi connectivity index (χ3v) is 16.3. The number of phenolic OH excluding ortho intramolecular Hbond substituents is 3. The number of ether oxygens (including phenoxy) is 4. The fourth-order valence-corrected chi connectivity index (χ4v) is 13.8. The molecule has 7 N–H and O–H groups in total. The highest BCUT2D eigenvalue weighted by Gasteiger charge is 2.60. The molecule has 8 rings (SSSR count). The van der Waals surface area contributed by atoms with Crippen molar-refractivity contribution in [2.45, 2.75) is 105 Å². The van der Waals surface area contributed by atoms with Gasteiger partial charge in [-0.3, -0.25) is 0 Å². The first kappa shape index (κ1) is 41.3. The number of aliphatic hydroxyl groups excluding tert-OH is 4. The van der Waals surface area contributed by atoms with Crippen molar-refractivity contribution in [2.24, 2.45) is 11.8 Å². The van der Waals surface area contributed by atoms with Crippen LogP contribution in [0.4, 0.5) is 0 Å². The zero-order chi connectivity index (χ0) is 40.9. The predicted octanol–water partition coefficient (Wildman–Crippen LogP) is 7.61. The van der Waals surface area contributed by atoms with Crippen molar-refractivity contribution in [3.63, 3.8) is 0 Å². The molecular formula is C45H56O11S2. The topological polar surface area (TPSA) is 179 Å². The van der Waals surface area contributed by atoms with E-state index < -0.39 is 23.5 Å². The lowest BCUT2D eigenvalue weighted by molar-refractivity contribution is -0.112.